The lowest BCUT2D eigenvalue weighted by Gasteiger charge is -2.37. The minimum Gasteiger partial charge on any atom is -0.352 e. The van der Waals surface area contributed by atoms with Crippen LogP contribution in [0.1, 0.15) is 17.0 Å². The molecule has 4 heteroatoms. The van der Waals surface area contributed by atoms with Crippen molar-refractivity contribution < 1.29 is 0 Å². The first-order valence-corrected chi connectivity index (χ1v) is 7.20. The lowest BCUT2D eigenvalue weighted by atomic mass is 10.1. The molecular formula is C15H28N4. The van der Waals surface area contributed by atoms with Gasteiger partial charge in [0.15, 0.2) is 0 Å². The Balaban J connectivity index is 1.84. The predicted octanol–water partition coefficient (Wildman–Crippen LogP) is 0.977. The molecule has 19 heavy (non-hydrogen) atoms. The molecule has 1 aliphatic heterocycles. The maximum absolute atomic E-state index is 3.62. The molecule has 1 atom stereocenters. The fourth-order valence-corrected chi connectivity index (χ4v) is 2.81. The first-order chi connectivity index (χ1) is 8.99. The van der Waals surface area contributed by atoms with Crippen molar-refractivity contribution in [1.29, 1.82) is 0 Å². The highest BCUT2D eigenvalue weighted by Crippen LogP contribution is 2.13. The second kappa shape index (κ2) is 6.07. The Morgan fingerprint density at radius 1 is 1.21 bits per heavy atom. The van der Waals surface area contributed by atoms with E-state index in [1.807, 2.05) is 0 Å². The van der Waals surface area contributed by atoms with Gasteiger partial charge in [0.25, 0.3) is 0 Å². The van der Waals surface area contributed by atoms with E-state index in [1.54, 1.807) is 0 Å². The van der Waals surface area contributed by atoms with Crippen LogP contribution in [0.4, 0.5) is 0 Å². The van der Waals surface area contributed by atoms with Gasteiger partial charge in [-0.25, -0.2) is 0 Å². The molecule has 1 fully saturated rings. The van der Waals surface area contributed by atoms with Crippen molar-refractivity contribution in [3.05, 3.63) is 23.0 Å². The summed E-state index contributed by atoms with van der Waals surface area (Å²) in [7, 11) is 6.58. The summed E-state index contributed by atoms with van der Waals surface area (Å²) in [6.45, 7) is 9.92. The molecule has 0 spiro atoms. The van der Waals surface area contributed by atoms with E-state index in [1.165, 1.54) is 30.0 Å². The van der Waals surface area contributed by atoms with Gasteiger partial charge in [0.1, 0.15) is 0 Å². The molecule has 0 saturated carbocycles. The molecule has 2 heterocycles. The van der Waals surface area contributed by atoms with E-state index in [4.69, 9.17) is 0 Å². The standard InChI is InChI=1S/C15H28N4/c1-12-8-14(13(2)19(12)5)9-16-10-15-11-17(3)6-7-18(15)4/h8,15-16H,6-7,9-11H2,1-5H3. The second-order valence-corrected chi connectivity index (χ2v) is 5.98. The minimum atomic E-state index is 0.629. The van der Waals surface area contributed by atoms with Crippen LogP contribution in [-0.4, -0.2) is 60.7 Å². The van der Waals surface area contributed by atoms with Gasteiger partial charge in [-0.3, -0.25) is 4.90 Å². The maximum atomic E-state index is 3.62. The van der Waals surface area contributed by atoms with Crippen LogP contribution in [-0.2, 0) is 13.6 Å². The normalized spacial score (nSPS) is 22.1. The number of aryl methyl sites for hydroxylation is 1. The van der Waals surface area contributed by atoms with Gasteiger partial charge in [-0.15, -0.1) is 0 Å². The zero-order valence-electron chi connectivity index (χ0n) is 13.0. The van der Waals surface area contributed by atoms with E-state index in [0.717, 1.165) is 19.6 Å². The highest BCUT2D eigenvalue weighted by Gasteiger charge is 2.21. The lowest BCUT2D eigenvalue weighted by Crippen LogP contribution is -2.53. The summed E-state index contributed by atoms with van der Waals surface area (Å²) in [6.07, 6.45) is 0. The topological polar surface area (TPSA) is 23.4 Å². The zero-order chi connectivity index (χ0) is 14.0. The van der Waals surface area contributed by atoms with Crippen LogP contribution in [0.5, 0.6) is 0 Å². The van der Waals surface area contributed by atoms with Crippen molar-refractivity contribution in [3.63, 3.8) is 0 Å². The molecule has 0 bridgehead atoms. The van der Waals surface area contributed by atoms with Gasteiger partial charge in [0.2, 0.25) is 0 Å². The Hall–Kier alpha value is -0.840. The van der Waals surface area contributed by atoms with E-state index < -0.39 is 0 Å². The van der Waals surface area contributed by atoms with Gasteiger partial charge < -0.3 is 14.8 Å². The molecule has 4 nitrogen and oxygen atoms in total. The molecule has 0 aromatic carbocycles. The smallest absolute Gasteiger partial charge is 0.0345 e. The van der Waals surface area contributed by atoms with E-state index in [2.05, 4.69) is 60.7 Å². The molecular weight excluding hydrogens is 236 g/mol. The molecule has 1 aliphatic rings. The summed E-state index contributed by atoms with van der Waals surface area (Å²) in [6, 6.07) is 2.92. The third kappa shape index (κ3) is 3.38. The molecule has 1 unspecified atom stereocenters. The van der Waals surface area contributed by atoms with Crippen LogP contribution < -0.4 is 5.32 Å². The van der Waals surface area contributed by atoms with E-state index in [9.17, 15) is 0 Å². The van der Waals surface area contributed by atoms with E-state index in [-0.39, 0.29) is 0 Å². The number of hydrogen-bond donors (Lipinski definition) is 1. The highest BCUT2D eigenvalue weighted by atomic mass is 15.3. The fraction of sp³-hybridized carbons (Fsp3) is 0.733. The average Bonchev–Trinajstić information content (AvgIpc) is 2.61. The van der Waals surface area contributed by atoms with Crippen molar-refractivity contribution in [1.82, 2.24) is 19.7 Å². The van der Waals surface area contributed by atoms with Crippen LogP contribution in [0, 0.1) is 13.8 Å². The van der Waals surface area contributed by atoms with E-state index in [0.29, 0.717) is 6.04 Å². The van der Waals surface area contributed by atoms with Crippen LogP contribution in [0.2, 0.25) is 0 Å². The number of piperazine rings is 1. The fourth-order valence-electron chi connectivity index (χ4n) is 2.81. The summed E-state index contributed by atoms with van der Waals surface area (Å²) < 4.78 is 2.26. The summed E-state index contributed by atoms with van der Waals surface area (Å²) in [5.41, 5.74) is 4.13. The Kier molecular flexibility index (Phi) is 4.66. The summed E-state index contributed by atoms with van der Waals surface area (Å²) >= 11 is 0. The summed E-state index contributed by atoms with van der Waals surface area (Å²) in [4.78, 5) is 4.89. The number of likely N-dealkylation sites (N-methyl/N-ethyl adjacent to an activating group) is 2. The first-order valence-electron chi connectivity index (χ1n) is 7.20. The lowest BCUT2D eigenvalue weighted by molar-refractivity contribution is 0.113. The van der Waals surface area contributed by atoms with Crippen molar-refractivity contribution >= 4 is 0 Å². The van der Waals surface area contributed by atoms with Gasteiger partial charge in [-0.1, -0.05) is 0 Å². The molecule has 1 N–H and O–H groups in total. The number of aromatic nitrogens is 1. The molecule has 1 saturated heterocycles. The minimum absolute atomic E-state index is 0.629. The van der Waals surface area contributed by atoms with Crippen LogP contribution >= 0.6 is 0 Å². The number of nitrogens with zero attached hydrogens (tertiary/aromatic N) is 3. The van der Waals surface area contributed by atoms with Crippen molar-refractivity contribution in [2.45, 2.75) is 26.4 Å². The van der Waals surface area contributed by atoms with Crippen molar-refractivity contribution in [3.8, 4) is 0 Å². The highest BCUT2D eigenvalue weighted by molar-refractivity contribution is 5.26. The van der Waals surface area contributed by atoms with Gasteiger partial charge in [0.05, 0.1) is 0 Å². The predicted molar refractivity (Wildman–Crippen MR) is 80.5 cm³/mol. The molecule has 0 aliphatic carbocycles. The van der Waals surface area contributed by atoms with E-state index >= 15 is 0 Å². The van der Waals surface area contributed by atoms with Crippen LogP contribution in [0.15, 0.2) is 6.07 Å². The van der Waals surface area contributed by atoms with Gasteiger partial charge in [0, 0.05) is 57.2 Å². The Morgan fingerprint density at radius 3 is 2.58 bits per heavy atom. The third-order valence-electron chi connectivity index (χ3n) is 4.56. The number of nitrogens with one attached hydrogen (secondary N) is 1. The number of hydrogen-bond acceptors (Lipinski definition) is 3. The van der Waals surface area contributed by atoms with Crippen molar-refractivity contribution in [2.24, 2.45) is 7.05 Å². The quantitative estimate of drug-likeness (QED) is 0.877. The second-order valence-electron chi connectivity index (χ2n) is 5.98. The molecule has 0 amide bonds. The largest absolute Gasteiger partial charge is 0.352 e. The summed E-state index contributed by atoms with van der Waals surface area (Å²) in [5, 5.41) is 3.62. The molecule has 2 rings (SSSR count). The Bertz CT molecular complexity index is 424. The molecule has 108 valence electrons. The van der Waals surface area contributed by atoms with Crippen molar-refractivity contribution in [2.75, 3.05) is 40.3 Å². The average molecular weight is 264 g/mol. The SMILES string of the molecule is Cc1cc(CNCC2CN(C)CCN2C)c(C)n1C. The van der Waals surface area contributed by atoms with Gasteiger partial charge >= 0.3 is 0 Å². The molecule has 1 aromatic rings. The molecule has 0 radical (unpaired) electrons. The maximum Gasteiger partial charge on any atom is 0.0345 e. The Labute approximate surface area is 117 Å². The Morgan fingerprint density at radius 2 is 1.95 bits per heavy atom. The molecule has 1 aromatic heterocycles. The number of rotatable bonds is 4. The third-order valence-corrected chi connectivity index (χ3v) is 4.56. The van der Waals surface area contributed by atoms with Gasteiger partial charge in [-0.05, 0) is 39.6 Å². The monoisotopic (exact) mass is 264 g/mol. The van der Waals surface area contributed by atoms with Gasteiger partial charge in [-0.2, -0.15) is 0 Å². The van der Waals surface area contributed by atoms with Crippen LogP contribution in [0.3, 0.4) is 0 Å². The first kappa shape index (κ1) is 14.6. The zero-order valence-corrected chi connectivity index (χ0v) is 13.0. The summed E-state index contributed by atoms with van der Waals surface area (Å²) in [5.74, 6) is 0. The van der Waals surface area contributed by atoms with Crippen LogP contribution in [0.25, 0.3) is 0 Å².